The monoisotopic (exact) mass is 171 g/mol. The molecule has 13 heavy (non-hydrogen) atoms. The largest absolute Gasteiger partial charge is 0.398 e. The minimum atomic E-state index is 0.335. The van der Waals surface area contributed by atoms with E-state index in [9.17, 15) is 0 Å². The van der Waals surface area contributed by atoms with Gasteiger partial charge in [-0.3, -0.25) is 0 Å². The molecular weight excluding hydrogens is 162 g/mol. The van der Waals surface area contributed by atoms with E-state index in [-0.39, 0.29) is 0 Å². The SMILES string of the molecule is Cc1cc(C#N)c(N)cc1CC#N. The summed E-state index contributed by atoms with van der Waals surface area (Å²) in [5.74, 6) is 0. The van der Waals surface area contributed by atoms with Crippen molar-refractivity contribution in [3.63, 3.8) is 0 Å². The summed E-state index contributed by atoms with van der Waals surface area (Å²) >= 11 is 0. The molecule has 0 amide bonds. The second-order valence-corrected chi connectivity index (χ2v) is 2.81. The van der Waals surface area contributed by atoms with E-state index in [0.29, 0.717) is 17.7 Å². The lowest BCUT2D eigenvalue weighted by Crippen LogP contribution is -1.95. The maximum atomic E-state index is 8.67. The van der Waals surface area contributed by atoms with Gasteiger partial charge in [0.25, 0.3) is 0 Å². The Balaban J connectivity index is 3.24. The van der Waals surface area contributed by atoms with Gasteiger partial charge in [0.15, 0.2) is 0 Å². The maximum absolute atomic E-state index is 8.67. The van der Waals surface area contributed by atoms with Gasteiger partial charge in [-0.05, 0) is 30.2 Å². The third-order valence-corrected chi connectivity index (χ3v) is 1.90. The quantitative estimate of drug-likeness (QED) is 0.651. The second-order valence-electron chi connectivity index (χ2n) is 2.81. The van der Waals surface area contributed by atoms with Gasteiger partial charge < -0.3 is 5.73 Å². The van der Waals surface area contributed by atoms with E-state index in [4.69, 9.17) is 16.3 Å². The number of nitriles is 2. The Morgan fingerprint density at radius 2 is 2.08 bits per heavy atom. The molecule has 0 aliphatic heterocycles. The molecule has 0 radical (unpaired) electrons. The Morgan fingerprint density at radius 1 is 1.38 bits per heavy atom. The third-order valence-electron chi connectivity index (χ3n) is 1.90. The molecule has 3 nitrogen and oxygen atoms in total. The van der Waals surface area contributed by atoms with Crippen LogP contribution in [0.15, 0.2) is 12.1 Å². The Kier molecular flexibility index (Phi) is 2.52. The van der Waals surface area contributed by atoms with Crippen LogP contribution >= 0.6 is 0 Å². The first-order chi connectivity index (χ1) is 6.19. The highest BCUT2D eigenvalue weighted by molar-refractivity contribution is 5.58. The van der Waals surface area contributed by atoms with Gasteiger partial charge in [-0.2, -0.15) is 10.5 Å². The number of hydrogen-bond donors (Lipinski definition) is 1. The molecule has 0 saturated carbocycles. The van der Waals surface area contributed by atoms with E-state index in [1.165, 1.54) is 0 Å². The van der Waals surface area contributed by atoms with E-state index in [0.717, 1.165) is 11.1 Å². The molecular formula is C10H9N3. The Labute approximate surface area is 77.0 Å². The van der Waals surface area contributed by atoms with Crippen molar-refractivity contribution < 1.29 is 0 Å². The molecule has 2 N–H and O–H groups in total. The summed E-state index contributed by atoms with van der Waals surface area (Å²) in [4.78, 5) is 0. The fourth-order valence-corrected chi connectivity index (χ4v) is 1.14. The first kappa shape index (κ1) is 9.09. The topological polar surface area (TPSA) is 73.6 Å². The highest BCUT2D eigenvalue weighted by Crippen LogP contribution is 2.17. The third kappa shape index (κ3) is 1.77. The van der Waals surface area contributed by atoms with Crippen molar-refractivity contribution in [2.75, 3.05) is 5.73 Å². The lowest BCUT2D eigenvalue weighted by Gasteiger charge is -2.04. The Hall–Kier alpha value is -2.00. The van der Waals surface area contributed by atoms with Crippen LogP contribution in [0.1, 0.15) is 16.7 Å². The molecule has 0 heterocycles. The minimum Gasteiger partial charge on any atom is -0.398 e. The smallest absolute Gasteiger partial charge is 0.101 e. The van der Waals surface area contributed by atoms with E-state index < -0.39 is 0 Å². The highest BCUT2D eigenvalue weighted by atomic mass is 14.6. The molecule has 0 aromatic heterocycles. The fraction of sp³-hybridized carbons (Fsp3) is 0.200. The summed E-state index contributed by atoms with van der Waals surface area (Å²) in [6.07, 6.45) is 0.335. The van der Waals surface area contributed by atoms with Crippen molar-refractivity contribution in [2.45, 2.75) is 13.3 Å². The van der Waals surface area contributed by atoms with Gasteiger partial charge in [-0.1, -0.05) is 0 Å². The Morgan fingerprint density at radius 3 is 2.62 bits per heavy atom. The molecule has 3 heteroatoms. The van der Waals surface area contributed by atoms with Gasteiger partial charge in [0.1, 0.15) is 6.07 Å². The number of nitrogens with two attached hydrogens (primary N) is 1. The van der Waals surface area contributed by atoms with Gasteiger partial charge in [-0.25, -0.2) is 0 Å². The maximum Gasteiger partial charge on any atom is 0.101 e. The van der Waals surface area contributed by atoms with Crippen LogP contribution in [0.5, 0.6) is 0 Å². The summed E-state index contributed by atoms with van der Waals surface area (Å²) in [6.45, 7) is 1.87. The number of benzene rings is 1. The van der Waals surface area contributed by atoms with Crippen molar-refractivity contribution in [3.8, 4) is 12.1 Å². The Bertz CT molecular complexity index is 407. The van der Waals surface area contributed by atoms with E-state index in [1.807, 2.05) is 13.0 Å². The van der Waals surface area contributed by atoms with Crippen LogP contribution in [0.2, 0.25) is 0 Å². The summed E-state index contributed by atoms with van der Waals surface area (Å²) in [6, 6.07) is 7.45. The zero-order chi connectivity index (χ0) is 9.84. The van der Waals surface area contributed by atoms with Crippen molar-refractivity contribution in [1.29, 1.82) is 10.5 Å². The minimum absolute atomic E-state index is 0.335. The normalized spacial score (nSPS) is 8.85. The van der Waals surface area contributed by atoms with Gasteiger partial charge >= 0.3 is 0 Å². The molecule has 0 saturated heterocycles. The standard InChI is InChI=1S/C10H9N3/c1-7-4-9(6-12)10(13)5-8(7)2-3-11/h4-5H,2,13H2,1H3. The van der Waals surface area contributed by atoms with E-state index in [1.54, 1.807) is 12.1 Å². The molecule has 0 bridgehead atoms. The summed E-state index contributed by atoms with van der Waals surface area (Å²) in [5, 5.41) is 17.2. The molecule has 1 rings (SSSR count). The average Bonchev–Trinajstić information content (AvgIpc) is 2.11. The van der Waals surface area contributed by atoms with Crippen molar-refractivity contribution >= 4 is 5.69 Å². The molecule has 0 spiro atoms. The van der Waals surface area contributed by atoms with Crippen LogP contribution in [0, 0.1) is 29.6 Å². The number of nitrogen functional groups attached to an aromatic ring is 1. The number of anilines is 1. The highest BCUT2D eigenvalue weighted by Gasteiger charge is 2.03. The van der Waals surface area contributed by atoms with Crippen molar-refractivity contribution in [1.82, 2.24) is 0 Å². The van der Waals surface area contributed by atoms with Crippen LogP contribution in [0.4, 0.5) is 5.69 Å². The lowest BCUT2D eigenvalue weighted by molar-refractivity contribution is 1.21. The first-order valence-electron chi connectivity index (χ1n) is 3.85. The molecule has 0 aliphatic carbocycles. The summed E-state index contributed by atoms with van der Waals surface area (Å²) in [5.41, 5.74) is 8.34. The molecule has 0 fully saturated rings. The number of rotatable bonds is 1. The van der Waals surface area contributed by atoms with Crippen molar-refractivity contribution in [2.24, 2.45) is 0 Å². The van der Waals surface area contributed by atoms with Gasteiger partial charge in [-0.15, -0.1) is 0 Å². The van der Waals surface area contributed by atoms with Crippen molar-refractivity contribution in [3.05, 3.63) is 28.8 Å². The summed E-state index contributed by atoms with van der Waals surface area (Å²) in [7, 11) is 0. The fourth-order valence-electron chi connectivity index (χ4n) is 1.14. The first-order valence-corrected chi connectivity index (χ1v) is 3.85. The molecule has 0 aliphatic rings. The van der Waals surface area contributed by atoms with Gasteiger partial charge in [0, 0.05) is 5.69 Å². The average molecular weight is 171 g/mol. The van der Waals surface area contributed by atoms with Crippen LogP contribution < -0.4 is 5.73 Å². The molecule has 64 valence electrons. The van der Waals surface area contributed by atoms with Crippen LogP contribution in [-0.2, 0) is 6.42 Å². The van der Waals surface area contributed by atoms with Crippen LogP contribution in [0.3, 0.4) is 0 Å². The predicted octanol–water partition coefficient (Wildman–Crippen LogP) is 1.51. The van der Waals surface area contributed by atoms with E-state index >= 15 is 0 Å². The molecule has 1 aromatic rings. The van der Waals surface area contributed by atoms with Gasteiger partial charge in [0.2, 0.25) is 0 Å². The molecule has 0 unspecified atom stereocenters. The van der Waals surface area contributed by atoms with E-state index in [2.05, 4.69) is 6.07 Å². The molecule has 1 aromatic carbocycles. The van der Waals surface area contributed by atoms with Gasteiger partial charge in [0.05, 0.1) is 18.1 Å². The van der Waals surface area contributed by atoms with Crippen LogP contribution in [-0.4, -0.2) is 0 Å². The summed E-state index contributed by atoms with van der Waals surface area (Å²) < 4.78 is 0. The number of hydrogen-bond acceptors (Lipinski definition) is 3. The lowest BCUT2D eigenvalue weighted by atomic mass is 10.0. The number of nitrogens with zero attached hydrogens (tertiary/aromatic N) is 2. The zero-order valence-corrected chi connectivity index (χ0v) is 7.33. The predicted molar refractivity (Wildman–Crippen MR) is 49.6 cm³/mol. The number of aryl methyl sites for hydroxylation is 1. The zero-order valence-electron chi connectivity index (χ0n) is 7.33. The van der Waals surface area contributed by atoms with Crippen LogP contribution in [0.25, 0.3) is 0 Å². The molecule has 0 atom stereocenters. The second kappa shape index (κ2) is 3.60.